The Kier molecular flexibility index (Phi) is 10.8. The average molecular weight is 598 g/mol. The SMILES string of the molecule is CCOc1cccc(F)c1CN1CCN(C(=O)[C@H](N)C2CCN(CCc3cc(Cl)ccc3C3=CNCCC3)CC2)CC1. The van der Waals surface area contributed by atoms with E-state index in [9.17, 15) is 9.18 Å². The largest absolute Gasteiger partial charge is 0.493 e. The summed E-state index contributed by atoms with van der Waals surface area (Å²) in [7, 11) is 0. The van der Waals surface area contributed by atoms with Crippen molar-refractivity contribution < 1.29 is 13.9 Å². The highest BCUT2D eigenvalue weighted by atomic mass is 35.5. The lowest BCUT2D eigenvalue weighted by atomic mass is 9.88. The number of piperidine rings is 1. The van der Waals surface area contributed by atoms with E-state index in [1.807, 2.05) is 24.0 Å². The van der Waals surface area contributed by atoms with Crippen molar-refractivity contribution in [3.63, 3.8) is 0 Å². The first-order valence-electron chi connectivity index (χ1n) is 15.5. The Labute approximate surface area is 254 Å². The van der Waals surface area contributed by atoms with Gasteiger partial charge in [-0.15, -0.1) is 0 Å². The topological polar surface area (TPSA) is 74.1 Å². The summed E-state index contributed by atoms with van der Waals surface area (Å²) in [6, 6.07) is 10.8. The van der Waals surface area contributed by atoms with Crippen molar-refractivity contribution in [3.8, 4) is 5.75 Å². The van der Waals surface area contributed by atoms with E-state index in [0.717, 1.165) is 63.3 Å². The monoisotopic (exact) mass is 597 g/mol. The number of nitrogens with one attached hydrogen (secondary N) is 1. The summed E-state index contributed by atoms with van der Waals surface area (Å²) in [5.41, 5.74) is 11.1. The van der Waals surface area contributed by atoms with E-state index in [0.29, 0.717) is 50.6 Å². The summed E-state index contributed by atoms with van der Waals surface area (Å²) >= 11 is 6.37. The van der Waals surface area contributed by atoms with Crippen LogP contribution in [0.25, 0.3) is 5.57 Å². The molecule has 5 rings (SSSR count). The van der Waals surface area contributed by atoms with Crippen LogP contribution in [-0.4, -0.2) is 85.6 Å². The maximum atomic E-state index is 14.5. The van der Waals surface area contributed by atoms with Gasteiger partial charge in [-0.05, 0) is 99.0 Å². The molecule has 0 unspecified atom stereocenters. The van der Waals surface area contributed by atoms with Crippen molar-refractivity contribution in [1.29, 1.82) is 0 Å². The van der Waals surface area contributed by atoms with Gasteiger partial charge >= 0.3 is 0 Å². The molecule has 0 spiro atoms. The highest BCUT2D eigenvalue weighted by Gasteiger charge is 2.33. The molecule has 0 aliphatic carbocycles. The average Bonchev–Trinajstić information content (AvgIpc) is 3.02. The van der Waals surface area contributed by atoms with E-state index in [1.165, 1.54) is 22.8 Å². The lowest BCUT2D eigenvalue weighted by Gasteiger charge is -2.39. The van der Waals surface area contributed by atoms with Crippen LogP contribution in [-0.2, 0) is 17.8 Å². The number of amides is 1. The highest BCUT2D eigenvalue weighted by molar-refractivity contribution is 6.30. The summed E-state index contributed by atoms with van der Waals surface area (Å²) in [6.45, 7) is 9.37. The molecule has 7 nitrogen and oxygen atoms in total. The van der Waals surface area contributed by atoms with Crippen LogP contribution in [0.2, 0.25) is 5.02 Å². The molecule has 3 heterocycles. The zero-order chi connectivity index (χ0) is 29.5. The molecule has 1 amide bonds. The molecule has 0 bridgehead atoms. The fourth-order valence-corrected chi connectivity index (χ4v) is 6.70. The van der Waals surface area contributed by atoms with Crippen molar-refractivity contribution >= 4 is 23.1 Å². The minimum Gasteiger partial charge on any atom is -0.493 e. The van der Waals surface area contributed by atoms with Gasteiger partial charge in [-0.25, -0.2) is 4.39 Å². The van der Waals surface area contributed by atoms with Crippen molar-refractivity contribution in [2.45, 2.75) is 51.6 Å². The normalized spacial score (nSPS) is 19.7. The number of likely N-dealkylation sites (tertiary alicyclic amines) is 1. The predicted octanol–water partition coefficient (Wildman–Crippen LogP) is 4.53. The van der Waals surface area contributed by atoms with Crippen molar-refractivity contribution in [3.05, 3.63) is 70.1 Å². The number of hydrogen-bond donors (Lipinski definition) is 2. The summed E-state index contributed by atoms with van der Waals surface area (Å²) in [5, 5.41) is 4.16. The molecule has 0 saturated carbocycles. The van der Waals surface area contributed by atoms with Gasteiger partial charge in [-0.2, -0.15) is 0 Å². The number of nitrogens with two attached hydrogens (primary N) is 1. The Hall–Kier alpha value is -2.65. The Morgan fingerprint density at radius 1 is 1.12 bits per heavy atom. The van der Waals surface area contributed by atoms with Gasteiger partial charge in [0.1, 0.15) is 11.6 Å². The smallest absolute Gasteiger partial charge is 0.239 e. The number of carbonyl (C=O) groups is 1. The van der Waals surface area contributed by atoms with Crippen molar-refractivity contribution in [1.82, 2.24) is 20.0 Å². The lowest BCUT2D eigenvalue weighted by Crippen LogP contribution is -2.55. The second-order valence-corrected chi connectivity index (χ2v) is 12.2. The van der Waals surface area contributed by atoms with Crippen LogP contribution in [0, 0.1) is 11.7 Å². The molecule has 3 aliphatic rings. The molecule has 228 valence electrons. The number of piperazine rings is 1. The van der Waals surface area contributed by atoms with E-state index in [2.05, 4.69) is 33.4 Å². The van der Waals surface area contributed by atoms with Crippen molar-refractivity contribution in [2.75, 3.05) is 59.0 Å². The van der Waals surface area contributed by atoms with Gasteiger partial charge in [0.15, 0.2) is 0 Å². The van der Waals surface area contributed by atoms with Gasteiger partial charge in [0, 0.05) is 62.6 Å². The van der Waals surface area contributed by atoms with Gasteiger partial charge < -0.3 is 25.6 Å². The second-order valence-electron chi connectivity index (χ2n) is 11.7. The van der Waals surface area contributed by atoms with Crippen LogP contribution in [0.3, 0.4) is 0 Å². The van der Waals surface area contributed by atoms with Crippen LogP contribution >= 0.6 is 11.6 Å². The first-order chi connectivity index (χ1) is 20.4. The summed E-state index contributed by atoms with van der Waals surface area (Å²) in [5.74, 6) is 0.585. The van der Waals surface area contributed by atoms with Crippen LogP contribution < -0.4 is 15.8 Å². The molecule has 1 atom stereocenters. The Morgan fingerprint density at radius 2 is 1.90 bits per heavy atom. The van der Waals surface area contributed by atoms with Gasteiger partial charge in [-0.3, -0.25) is 9.69 Å². The van der Waals surface area contributed by atoms with E-state index in [4.69, 9.17) is 22.1 Å². The van der Waals surface area contributed by atoms with Crippen LogP contribution in [0.1, 0.15) is 49.3 Å². The third-order valence-electron chi connectivity index (χ3n) is 9.02. The maximum absolute atomic E-state index is 14.5. The number of nitrogens with zero attached hydrogens (tertiary/aromatic N) is 3. The zero-order valence-electron chi connectivity index (χ0n) is 24.8. The summed E-state index contributed by atoms with van der Waals surface area (Å²) in [6.07, 6.45) is 7.21. The number of hydrogen-bond acceptors (Lipinski definition) is 6. The van der Waals surface area contributed by atoms with Crippen LogP contribution in [0.5, 0.6) is 5.75 Å². The number of halogens is 2. The molecule has 2 aromatic rings. The number of ether oxygens (including phenoxy) is 1. The third kappa shape index (κ3) is 7.64. The zero-order valence-corrected chi connectivity index (χ0v) is 25.6. The fourth-order valence-electron chi connectivity index (χ4n) is 6.50. The first-order valence-corrected chi connectivity index (χ1v) is 15.9. The number of benzene rings is 2. The van der Waals surface area contributed by atoms with E-state index in [1.54, 1.807) is 6.07 Å². The van der Waals surface area contributed by atoms with E-state index in [-0.39, 0.29) is 17.6 Å². The predicted molar refractivity (Wildman–Crippen MR) is 167 cm³/mol. The van der Waals surface area contributed by atoms with Gasteiger partial charge in [-0.1, -0.05) is 23.7 Å². The summed E-state index contributed by atoms with van der Waals surface area (Å²) < 4.78 is 20.2. The quantitative estimate of drug-likeness (QED) is 0.419. The van der Waals surface area contributed by atoms with Crippen molar-refractivity contribution in [2.24, 2.45) is 11.7 Å². The highest BCUT2D eigenvalue weighted by Crippen LogP contribution is 2.29. The molecule has 42 heavy (non-hydrogen) atoms. The molecule has 0 radical (unpaired) electrons. The van der Waals surface area contributed by atoms with Gasteiger partial charge in [0.05, 0.1) is 12.6 Å². The van der Waals surface area contributed by atoms with Gasteiger partial charge in [0.25, 0.3) is 0 Å². The fraction of sp³-hybridized carbons (Fsp3) is 0.545. The molecule has 3 N–H and O–H groups in total. The number of allylic oxidation sites excluding steroid dienone is 1. The molecule has 2 aromatic carbocycles. The maximum Gasteiger partial charge on any atom is 0.239 e. The molecule has 3 aliphatic heterocycles. The molecule has 0 aromatic heterocycles. The lowest BCUT2D eigenvalue weighted by molar-refractivity contribution is -0.136. The Balaban J connectivity index is 1.07. The second kappa shape index (κ2) is 14.7. The summed E-state index contributed by atoms with van der Waals surface area (Å²) in [4.78, 5) is 19.9. The molecule has 2 fully saturated rings. The van der Waals surface area contributed by atoms with Crippen LogP contribution in [0.15, 0.2) is 42.6 Å². The number of carbonyl (C=O) groups excluding carboxylic acids is 1. The first kappa shape index (κ1) is 30.8. The number of rotatable bonds is 10. The molecular formula is C33H45ClFN5O2. The van der Waals surface area contributed by atoms with Gasteiger partial charge in [0.2, 0.25) is 5.91 Å². The molecule has 2 saturated heterocycles. The van der Waals surface area contributed by atoms with E-state index >= 15 is 0 Å². The Bertz CT molecular complexity index is 1240. The molecular weight excluding hydrogens is 553 g/mol. The van der Waals surface area contributed by atoms with Crippen LogP contribution in [0.4, 0.5) is 4.39 Å². The minimum atomic E-state index is -0.472. The van der Waals surface area contributed by atoms with E-state index < -0.39 is 6.04 Å². The standard InChI is InChI=1S/C33H45ClFN5O2/c1-2-42-31-7-3-6-30(35)29(31)23-39-17-19-40(20-18-39)33(41)32(36)24-10-14-38(15-11-24)16-12-25-21-27(34)8-9-28(25)26-5-4-13-37-22-26/h3,6-9,21-22,24,32,37H,2,4-5,10-20,23,36H2,1H3/t32-/m1/s1. The Morgan fingerprint density at radius 3 is 2.62 bits per heavy atom. The molecule has 9 heteroatoms. The third-order valence-corrected chi connectivity index (χ3v) is 9.26. The minimum absolute atomic E-state index is 0.0481.